The molecule has 2 aromatic rings. The van der Waals surface area contributed by atoms with E-state index in [1.807, 2.05) is 45.9 Å². The third-order valence-corrected chi connectivity index (χ3v) is 3.71. The van der Waals surface area contributed by atoms with Gasteiger partial charge >= 0.3 is 0 Å². The number of hydrogen-bond acceptors (Lipinski definition) is 3. The molecular formula is C16H19NO2. The number of anilines is 1. The topological polar surface area (TPSA) is 46.2 Å². The molecule has 0 aromatic heterocycles. The minimum absolute atomic E-state index is 0.189. The fourth-order valence-corrected chi connectivity index (χ4v) is 2.05. The van der Waals surface area contributed by atoms with E-state index >= 15 is 0 Å². The van der Waals surface area contributed by atoms with Crippen molar-refractivity contribution in [3.63, 3.8) is 0 Å². The lowest BCUT2D eigenvalue weighted by atomic mass is 9.95. The van der Waals surface area contributed by atoms with Gasteiger partial charge in [0.05, 0.1) is 11.3 Å². The lowest BCUT2D eigenvalue weighted by molar-refractivity contribution is 0.762. The first-order valence-corrected chi connectivity index (χ1v) is 6.63. The molecule has 100 valence electrons. The predicted molar refractivity (Wildman–Crippen MR) is 79.6 cm³/mol. The fraction of sp³-hybridized carbons (Fsp3) is 0.375. The third kappa shape index (κ3) is 2.33. The number of aryl methyl sites for hydroxylation is 2. The lowest BCUT2D eigenvalue weighted by Crippen LogP contribution is -2.38. The minimum Gasteiger partial charge on any atom is -0.379 e. The van der Waals surface area contributed by atoms with E-state index in [0.717, 1.165) is 17.5 Å². The molecule has 19 heavy (non-hydrogen) atoms. The maximum absolute atomic E-state index is 11.8. The molecule has 0 fully saturated rings. The van der Waals surface area contributed by atoms with Crippen LogP contribution in [0.25, 0.3) is 11.1 Å². The molecule has 0 spiro atoms. The predicted octanol–water partition coefficient (Wildman–Crippen LogP) is 2.78. The van der Waals surface area contributed by atoms with Gasteiger partial charge in [0, 0.05) is 6.04 Å². The Morgan fingerprint density at radius 3 is 2.37 bits per heavy atom. The van der Waals surface area contributed by atoms with Crippen molar-refractivity contribution in [3.05, 3.63) is 49.8 Å². The Hall–Kier alpha value is -1.90. The van der Waals surface area contributed by atoms with Gasteiger partial charge in [-0.15, -0.1) is 0 Å². The van der Waals surface area contributed by atoms with Crippen molar-refractivity contribution < 1.29 is 0 Å². The number of hydrogen-bond donors (Lipinski definition) is 1. The first-order valence-electron chi connectivity index (χ1n) is 6.63. The van der Waals surface area contributed by atoms with E-state index in [2.05, 4.69) is 5.32 Å². The summed E-state index contributed by atoms with van der Waals surface area (Å²) in [5, 5.41) is 3.14. The van der Waals surface area contributed by atoms with Crippen molar-refractivity contribution in [2.75, 3.05) is 5.32 Å². The average molecular weight is 257 g/mol. The molecule has 0 aliphatic carbocycles. The molecule has 0 heterocycles. The molecule has 1 atom stereocenters. The van der Waals surface area contributed by atoms with Crippen molar-refractivity contribution in [3.8, 4) is 11.1 Å². The number of rotatable bonds is 4. The average Bonchev–Trinajstić information content (AvgIpc) is 2.41. The summed E-state index contributed by atoms with van der Waals surface area (Å²) < 4.78 is 0. The smallest absolute Gasteiger partial charge is 0.250 e. The third-order valence-electron chi connectivity index (χ3n) is 3.71. The molecule has 0 bridgehead atoms. The van der Waals surface area contributed by atoms with Gasteiger partial charge in [0.25, 0.3) is 0 Å². The Morgan fingerprint density at radius 2 is 1.79 bits per heavy atom. The summed E-state index contributed by atoms with van der Waals surface area (Å²) >= 11 is 0. The summed E-state index contributed by atoms with van der Waals surface area (Å²) in [4.78, 5) is 23.5. The van der Waals surface area contributed by atoms with Gasteiger partial charge in [0.2, 0.25) is 10.9 Å². The first-order chi connectivity index (χ1) is 8.95. The molecule has 0 aliphatic heterocycles. The Balaban J connectivity index is 2.45. The van der Waals surface area contributed by atoms with Crippen LogP contribution in [0.1, 0.15) is 31.4 Å². The lowest BCUT2D eigenvalue weighted by Gasteiger charge is -2.18. The van der Waals surface area contributed by atoms with Crippen LogP contribution in [-0.2, 0) is 0 Å². The second kappa shape index (κ2) is 5.00. The monoisotopic (exact) mass is 257 g/mol. The molecule has 3 nitrogen and oxygen atoms in total. The molecule has 0 aliphatic rings. The minimum atomic E-state index is -0.395. The van der Waals surface area contributed by atoms with E-state index in [1.165, 1.54) is 5.56 Å². The van der Waals surface area contributed by atoms with Crippen molar-refractivity contribution >= 4 is 5.69 Å². The van der Waals surface area contributed by atoms with Gasteiger partial charge in [-0.3, -0.25) is 9.59 Å². The quantitative estimate of drug-likeness (QED) is 0.857. The molecule has 2 aromatic carbocycles. The zero-order valence-electron chi connectivity index (χ0n) is 11.8. The Kier molecular flexibility index (Phi) is 3.56. The summed E-state index contributed by atoms with van der Waals surface area (Å²) in [6.45, 7) is 8.08. The van der Waals surface area contributed by atoms with Gasteiger partial charge in [-0.05, 0) is 43.9 Å². The van der Waals surface area contributed by atoms with Crippen molar-refractivity contribution in [2.24, 2.45) is 0 Å². The summed E-state index contributed by atoms with van der Waals surface area (Å²) in [5.41, 5.74) is 3.37. The second-order valence-electron chi connectivity index (χ2n) is 5.16. The van der Waals surface area contributed by atoms with Crippen molar-refractivity contribution in [2.45, 2.75) is 40.2 Å². The summed E-state index contributed by atoms with van der Waals surface area (Å²) in [6.07, 6.45) is 0.908. The molecular weight excluding hydrogens is 238 g/mol. The zero-order chi connectivity index (χ0) is 14.2. The normalized spacial score (nSPS) is 12.6. The van der Waals surface area contributed by atoms with E-state index < -0.39 is 5.43 Å². The molecule has 1 N–H and O–H groups in total. The number of nitrogens with one attached hydrogen (secondary N) is 1. The zero-order valence-corrected chi connectivity index (χ0v) is 11.8. The van der Waals surface area contributed by atoms with Crippen LogP contribution in [0.5, 0.6) is 0 Å². The highest BCUT2D eigenvalue weighted by Gasteiger charge is 2.23. The van der Waals surface area contributed by atoms with Gasteiger partial charge in [0.1, 0.15) is 0 Å². The molecule has 0 radical (unpaired) electrons. The van der Waals surface area contributed by atoms with Crippen LogP contribution in [0, 0.1) is 13.8 Å². The van der Waals surface area contributed by atoms with Gasteiger partial charge in [-0.2, -0.15) is 0 Å². The molecule has 2 rings (SSSR count). The van der Waals surface area contributed by atoms with E-state index in [4.69, 9.17) is 0 Å². The van der Waals surface area contributed by atoms with Crippen LogP contribution in [0.2, 0.25) is 0 Å². The maximum atomic E-state index is 11.8. The largest absolute Gasteiger partial charge is 0.379 e. The van der Waals surface area contributed by atoms with Gasteiger partial charge < -0.3 is 5.32 Å². The van der Waals surface area contributed by atoms with Crippen molar-refractivity contribution in [1.29, 1.82) is 0 Å². The van der Waals surface area contributed by atoms with E-state index in [9.17, 15) is 9.59 Å². The highest BCUT2D eigenvalue weighted by molar-refractivity contribution is 5.82. The second-order valence-corrected chi connectivity index (χ2v) is 5.16. The molecule has 3 heteroatoms. The highest BCUT2D eigenvalue weighted by atomic mass is 16.2. The number of benzene rings is 1. The van der Waals surface area contributed by atoms with E-state index in [1.54, 1.807) is 0 Å². The molecule has 1 unspecified atom stereocenters. The van der Waals surface area contributed by atoms with Crippen LogP contribution >= 0.6 is 0 Å². The van der Waals surface area contributed by atoms with E-state index in [0.29, 0.717) is 11.3 Å². The molecule has 0 amide bonds. The van der Waals surface area contributed by atoms with Gasteiger partial charge in [-0.1, -0.05) is 25.1 Å². The Morgan fingerprint density at radius 1 is 1.11 bits per heavy atom. The first kappa shape index (κ1) is 13.5. The van der Waals surface area contributed by atoms with Crippen LogP contribution < -0.4 is 16.2 Å². The van der Waals surface area contributed by atoms with Crippen LogP contribution in [0.3, 0.4) is 0 Å². The Bertz CT molecular complexity index is 678. The van der Waals surface area contributed by atoms with Crippen LogP contribution in [-0.4, -0.2) is 6.04 Å². The van der Waals surface area contributed by atoms with Crippen LogP contribution in [0.4, 0.5) is 5.69 Å². The summed E-state index contributed by atoms with van der Waals surface area (Å²) in [6, 6.07) is 6.04. The SMILES string of the molecule is CCC(C)Nc1c(-c2ccc(C)c(C)c2)c(=O)c1=O. The summed E-state index contributed by atoms with van der Waals surface area (Å²) in [7, 11) is 0. The summed E-state index contributed by atoms with van der Waals surface area (Å²) in [5.74, 6) is 0. The van der Waals surface area contributed by atoms with Crippen LogP contribution in [0.15, 0.2) is 27.8 Å². The molecule has 0 saturated heterocycles. The Labute approximate surface area is 113 Å². The molecule has 0 saturated carbocycles. The maximum Gasteiger partial charge on any atom is 0.250 e. The van der Waals surface area contributed by atoms with Crippen molar-refractivity contribution in [1.82, 2.24) is 0 Å². The highest BCUT2D eigenvalue weighted by Crippen LogP contribution is 2.26. The van der Waals surface area contributed by atoms with E-state index in [-0.39, 0.29) is 11.5 Å². The van der Waals surface area contributed by atoms with Gasteiger partial charge in [-0.25, -0.2) is 0 Å². The standard InChI is InChI=1S/C16H19NO2/c1-5-11(4)17-14-13(15(18)16(14)19)12-7-6-9(2)10(3)8-12/h6-8,11,17H,5H2,1-4H3. The van der Waals surface area contributed by atoms with Gasteiger partial charge in [0.15, 0.2) is 0 Å². The fourth-order valence-electron chi connectivity index (χ4n) is 2.05.